The predicted octanol–water partition coefficient (Wildman–Crippen LogP) is 1.03. The first kappa shape index (κ1) is 8.92. The fourth-order valence-electron chi connectivity index (χ4n) is 0.909. The highest BCUT2D eigenvalue weighted by atomic mass is 14.6. The van der Waals surface area contributed by atoms with E-state index in [1.54, 1.807) is 0 Å². The van der Waals surface area contributed by atoms with Gasteiger partial charge in [-0.05, 0) is 18.8 Å². The van der Waals surface area contributed by atoms with Crippen molar-refractivity contribution in [1.29, 1.82) is 0 Å². The first-order valence-corrected chi connectivity index (χ1v) is 3.57. The molecule has 9 heavy (non-hydrogen) atoms. The molecule has 0 heterocycles. The van der Waals surface area contributed by atoms with Gasteiger partial charge in [-0.1, -0.05) is 13.8 Å². The number of hydrogen-bond donors (Lipinski definition) is 1. The second-order valence-corrected chi connectivity index (χ2v) is 2.93. The molecule has 2 heteroatoms. The van der Waals surface area contributed by atoms with E-state index in [1.807, 2.05) is 0 Å². The summed E-state index contributed by atoms with van der Waals surface area (Å²) < 4.78 is 0. The molecule has 0 aliphatic heterocycles. The standard InChI is InChI=1S/C7H17N2/c1-6(2)5-7(9)3-4-8/h6-8H,3-5,9H2,1-2H3. The Morgan fingerprint density at radius 3 is 2.33 bits per heavy atom. The van der Waals surface area contributed by atoms with Crippen LogP contribution in [0.1, 0.15) is 26.7 Å². The second-order valence-electron chi connectivity index (χ2n) is 2.93. The molecule has 0 aromatic rings. The maximum atomic E-state index is 6.90. The summed E-state index contributed by atoms with van der Waals surface area (Å²) in [5.41, 5.74) is 12.6. The maximum absolute atomic E-state index is 6.90. The lowest BCUT2D eigenvalue weighted by molar-refractivity contribution is 0.476. The van der Waals surface area contributed by atoms with Gasteiger partial charge in [-0.25, -0.2) is 0 Å². The highest BCUT2D eigenvalue weighted by molar-refractivity contribution is 4.62. The van der Waals surface area contributed by atoms with Gasteiger partial charge in [-0.15, -0.1) is 0 Å². The van der Waals surface area contributed by atoms with Crippen molar-refractivity contribution in [3.05, 3.63) is 0 Å². The van der Waals surface area contributed by atoms with Gasteiger partial charge >= 0.3 is 0 Å². The fraction of sp³-hybridized carbons (Fsp3) is 1.00. The first-order valence-electron chi connectivity index (χ1n) is 3.57. The molecule has 0 saturated carbocycles. The molecule has 3 N–H and O–H groups in total. The van der Waals surface area contributed by atoms with Crippen LogP contribution in [-0.4, -0.2) is 12.6 Å². The number of nitrogens with one attached hydrogen (secondary N) is 1. The van der Waals surface area contributed by atoms with Crippen LogP contribution in [0.4, 0.5) is 0 Å². The van der Waals surface area contributed by atoms with E-state index in [9.17, 15) is 0 Å². The molecular formula is C7H17N2. The third kappa shape index (κ3) is 5.80. The van der Waals surface area contributed by atoms with Crippen molar-refractivity contribution >= 4 is 0 Å². The normalized spacial score (nSPS) is 14.3. The smallest absolute Gasteiger partial charge is 0.0114 e. The van der Waals surface area contributed by atoms with Gasteiger partial charge in [0.05, 0.1) is 0 Å². The zero-order chi connectivity index (χ0) is 7.28. The molecule has 0 fully saturated rings. The van der Waals surface area contributed by atoms with Gasteiger partial charge in [-0.3, -0.25) is 5.73 Å². The van der Waals surface area contributed by atoms with Crippen LogP contribution < -0.4 is 11.5 Å². The molecule has 0 spiro atoms. The Hall–Kier alpha value is -0.0800. The second kappa shape index (κ2) is 4.77. The molecule has 55 valence electrons. The summed E-state index contributed by atoms with van der Waals surface area (Å²) in [5, 5.41) is 0. The molecule has 0 amide bonds. The van der Waals surface area contributed by atoms with Crippen molar-refractivity contribution in [2.45, 2.75) is 32.7 Å². The van der Waals surface area contributed by atoms with E-state index in [0.717, 1.165) is 12.8 Å². The highest BCUT2D eigenvalue weighted by Crippen LogP contribution is 2.04. The van der Waals surface area contributed by atoms with Crippen molar-refractivity contribution in [2.24, 2.45) is 11.7 Å². The summed E-state index contributed by atoms with van der Waals surface area (Å²) in [7, 11) is 0. The zero-order valence-corrected chi connectivity index (χ0v) is 6.35. The van der Waals surface area contributed by atoms with E-state index in [1.165, 1.54) is 0 Å². The largest absolute Gasteiger partial charge is 0.328 e. The van der Waals surface area contributed by atoms with Gasteiger partial charge in [0.15, 0.2) is 0 Å². The Kier molecular flexibility index (Phi) is 4.72. The van der Waals surface area contributed by atoms with Crippen LogP contribution in [0.15, 0.2) is 0 Å². The van der Waals surface area contributed by atoms with E-state index >= 15 is 0 Å². The van der Waals surface area contributed by atoms with Crippen LogP contribution in [-0.2, 0) is 0 Å². The molecule has 2 nitrogen and oxygen atoms in total. The van der Waals surface area contributed by atoms with Crippen LogP contribution in [0.5, 0.6) is 0 Å². The number of hydrogen-bond acceptors (Lipinski definition) is 1. The average Bonchev–Trinajstić information content (AvgIpc) is 1.63. The van der Waals surface area contributed by atoms with Crippen molar-refractivity contribution in [2.75, 3.05) is 6.54 Å². The van der Waals surface area contributed by atoms with E-state index in [2.05, 4.69) is 13.8 Å². The van der Waals surface area contributed by atoms with Crippen molar-refractivity contribution in [3.63, 3.8) is 0 Å². The summed E-state index contributed by atoms with van der Waals surface area (Å²) in [4.78, 5) is 0. The van der Waals surface area contributed by atoms with Gasteiger partial charge < -0.3 is 5.73 Å². The lowest BCUT2D eigenvalue weighted by Gasteiger charge is -2.11. The van der Waals surface area contributed by atoms with Crippen molar-refractivity contribution in [1.82, 2.24) is 5.73 Å². The molecule has 0 aliphatic carbocycles. The minimum absolute atomic E-state index is 0.252. The Bertz CT molecular complexity index is 61.9. The number of nitrogens with two attached hydrogens (primary N) is 1. The van der Waals surface area contributed by atoms with Crippen LogP contribution in [0.2, 0.25) is 0 Å². The molecule has 1 unspecified atom stereocenters. The van der Waals surface area contributed by atoms with Crippen LogP contribution in [0, 0.1) is 5.92 Å². The Balaban J connectivity index is 3.15. The van der Waals surface area contributed by atoms with E-state index < -0.39 is 0 Å². The monoisotopic (exact) mass is 129 g/mol. The Morgan fingerprint density at radius 2 is 2.00 bits per heavy atom. The summed E-state index contributed by atoms with van der Waals surface area (Å²) in [5.74, 6) is 0.673. The van der Waals surface area contributed by atoms with Gasteiger partial charge in [0.1, 0.15) is 0 Å². The maximum Gasteiger partial charge on any atom is 0.0114 e. The fourth-order valence-corrected chi connectivity index (χ4v) is 0.909. The highest BCUT2D eigenvalue weighted by Gasteiger charge is 2.02. The minimum atomic E-state index is 0.252. The van der Waals surface area contributed by atoms with Crippen molar-refractivity contribution < 1.29 is 0 Å². The van der Waals surface area contributed by atoms with Gasteiger partial charge in [0.2, 0.25) is 0 Å². The Labute approximate surface area is 57.6 Å². The minimum Gasteiger partial charge on any atom is -0.328 e. The van der Waals surface area contributed by atoms with Crippen LogP contribution in [0.25, 0.3) is 0 Å². The molecule has 1 radical (unpaired) electrons. The van der Waals surface area contributed by atoms with Crippen LogP contribution >= 0.6 is 0 Å². The number of rotatable bonds is 4. The molecule has 0 aliphatic rings. The quantitative estimate of drug-likeness (QED) is 0.605. The lowest BCUT2D eigenvalue weighted by atomic mass is 10.0. The van der Waals surface area contributed by atoms with E-state index in [0.29, 0.717) is 12.5 Å². The SMILES string of the molecule is CC(C)CC(N)CC[NH]. The summed E-state index contributed by atoms with van der Waals surface area (Å²) >= 11 is 0. The van der Waals surface area contributed by atoms with Gasteiger partial charge in [-0.2, -0.15) is 0 Å². The van der Waals surface area contributed by atoms with Crippen molar-refractivity contribution in [3.8, 4) is 0 Å². The average molecular weight is 129 g/mol. The van der Waals surface area contributed by atoms with Gasteiger partial charge in [0.25, 0.3) is 0 Å². The molecule has 0 rings (SSSR count). The first-order chi connectivity index (χ1) is 4.16. The van der Waals surface area contributed by atoms with Crippen LogP contribution in [0.3, 0.4) is 0 Å². The topological polar surface area (TPSA) is 49.8 Å². The summed E-state index contributed by atoms with van der Waals surface area (Å²) in [6, 6.07) is 0.252. The van der Waals surface area contributed by atoms with E-state index in [-0.39, 0.29) is 6.04 Å². The molecular weight excluding hydrogens is 112 g/mol. The summed E-state index contributed by atoms with van der Waals surface area (Å²) in [6.45, 7) is 4.78. The molecule has 1 atom stereocenters. The molecule has 0 bridgehead atoms. The van der Waals surface area contributed by atoms with Gasteiger partial charge in [0, 0.05) is 12.6 Å². The Morgan fingerprint density at radius 1 is 1.44 bits per heavy atom. The lowest BCUT2D eigenvalue weighted by Crippen LogP contribution is -2.23. The third-order valence-corrected chi connectivity index (χ3v) is 1.29. The van der Waals surface area contributed by atoms with E-state index in [4.69, 9.17) is 11.5 Å². The third-order valence-electron chi connectivity index (χ3n) is 1.29. The summed E-state index contributed by atoms with van der Waals surface area (Å²) in [6.07, 6.45) is 1.90. The zero-order valence-electron chi connectivity index (χ0n) is 6.35. The predicted molar refractivity (Wildman–Crippen MR) is 40.0 cm³/mol. The molecule has 0 saturated heterocycles. The molecule has 0 aromatic heterocycles. The molecule has 0 aromatic carbocycles.